The standard InChI is InChI=1S/C20H18N2O5/c1-12(23)22-16-6-4-3-5-15(16)20(25)17(22)9-13-7-8-14(10-18(13)26-2)27-11-19(21)24/h3-10H,11H2,1-2H3,(H2,21,24)/b17-9-. The summed E-state index contributed by atoms with van der Waals surface area (Å²) in [6.07, 6.45) is 1.60. The van der Waals surface area contributed by atoms with Crippen molar-refractivity contribution in [3.8, 4) is 11.5 Å². The molecule has 1 aliphatic heterocycles. The van der Waals surface area contributed by atoms with Gasteiger partial charge in [-0.25, -0.2) is 0 Å². The number of primary amides is 1. The number of nitrogens with zero attached hydrogens (tertiary/aromatic N) is 1. The van der Waals surface area contributed by atoms with Gasteiger partial charge in [0.1, 0.15) is 11.5 Å². The molecule has 27 heavy (non-hydrogen) atoms. The molecule has 0 saturated carbocycles. The molecule has 7 heteroatoms. The van der Waals surface area contributed by atoms with Crippen molar-refractivity contribution in [3.05, 3.63) is 59.3 Å². The van der Waals surface area contributed by atoms with E-state index in [9.17, 15) is 14.4 Å². The number of anilines is 1. The highest BCUT2D eigenvalue weighted by molar-refractivity contribution is 6.26. The number of benzene rings is 2. The summed E-state index contributed by atoms with van der Waals surface area (Å²) in [6, 6.07) is 11.8. The van der Waals surface area contributed by atoms with Crippen molar-refractivity contribution in [2.45, 2.75) is 6.92 Å². The highest BCUT2D eigenvalue weighted by atomic mass is 16.5. The van der Waals surface area contributed by atoms with E-state index in [0.29, 0.717) is 28.3 Å². The number of Topliss-reactive ketones (excluding diaryl/α,β-unsaturated/α-hetero) is 1. The van der Waals surface area contributed by atoms with Crippen LogP contribution in [-0.2, 0) is 9.59 Å². The third-order valence-electron chi connectivity index (χ3n) is 4.06. The minimum atomic E-state index is -0.591. The van der Waals surface area contributed by atoms with Crippen LogP contribution in [0, 0.1) is 0 Å². The molecule has 2 N–H and O–H groups in total. The van der Waals surface area contributed by atoms with Gasteiger partial charge < -0.3 is 15.2 Å². The van der Waals surface area contributed by atoms with E-state index in [4.69, 9.17) is 15.2 Å². The van der Waals surface area contributed by atoms with Gasteiger partial charge >= 0.3 is 0 Å². The first kappa shape index (κ1) is 18.2. The average Bonchev–Trinajstić information content (AvgIpc) is 2.93. The van der Waals surface area contributed by atoms with Crippen molar-refractivity contribution in [2.24, 2.45) is 5.73 Å². The van der Waals surface area contributed by atoms with Crippen molar-refractivity contribution in [3.63, 3.8) is 0 Å². The van der Waals surface area contributed by atoms with Crippen molar-refractivity contribution in [1.29, 1.82) is 0 Å². The number of amides is 2. The predicted molar refractivity (Wildman–Crippen MR) is 99.6 cm³/mol. The van der Waals surface area contributed by atoms with E-state index in [0.717, 1.165) is 0 Å². The van der Waals surface area contributed by atoms with Crippen LogP contribution in [0.2, 0.25) is 0 Å². The summed E-state index contributed by atoms with van der Waals surface area (Å²) >= 11 is 0. The fraction of sp³-hybridized carbons (Fsp3) is 0.150. The third-order valence-corrected chi connectivity index (χ3v) is 4.06. The Morgan fingerprint density at radius 3 is 2.59 bits per heavy atom. The smallest absolute Gasteiger partial charge is 0.255 e. The normalized spacial score (nSPS) is 14.2. The fourth-order valence-corrected chi connectivity index (χ4v) is 2.90. The van der Waals surface area contributed by atoms with Crippen LogP contribution in [0.25, 0.3) is 6.08 Å². The first-order chi connectivity index (χ1) is 12.9. The predicted octanol–water partition coefficient (Wildman–Crippen LogP) is 2.15. The quantitative estimate of drug-likeness (QED) is 0.818. The summed E-state index contributed by atoms with van der Waals surface area (Å²) in [6.45, 7) is 1.15. The highest BCUT2D eigenvalue weighted by Gasteiger charge is 2.34. The first-order valence-electron chi connectivity index (χ1n) is 8.17. The Labute approximate surface area is 156 Å². The lowest BCUT2D eigenvalue weighted by molar-refractivity contribution is -0.120. The molecule has 7 nitrogen and oxygen atoms in total. The van der Waals surface area contributed by atoms with Crippen molar-refractivity contribution in [1.82, 2.24) is 0 Å². The molecule has 0 radical (unpaired) electrons. The van der Waals surface area contributed by atoms with Gasteiger partial charge in [-0.2, -0.15) is 0 Å². The lowest BCUT2D eigenvalue weighted by Crippen LogP contribution is -2.25. The molecule has 1 heterocycles. The molecule has 2 aromatic rings. The monoisotopic (exact) mass is 366 g/mol. The molecular formula is C20H18N2O5. The van der Waals surface area contributed by atoms with Crippen LogP contribution < -0.4 is 20.1 Å². The van der Waals surface area contributed by atoms with Crippen molar-refractivity contribution in [2.75, 3.05) is 18.6 Å². The van der Waals surface area contributed by atoms with Crippen molar-refractivity contribution < 1.29 is 23.9 Å². The lowest BCUT2D eigenvalue weighted by atomic mass is 10.1. The molecule has 0 atom stereocenters. The van der Waals surface area contributed by atoms with Gasteiger partial charge in [0.05, 0.1) is 18.5 Å². The summed E-state index contributed by atoms with van der Waals surface area (Å²) in [5.74, 6) is -0.266. The highest BCUT2D eigenvalue weighted by Crippen LogP contribution is 2.36. The molecule has 1 aliphatic rings. The molecule has 0 bridgehead atoms. The van der Waals surface area contributed by atoms with Gasteiger partial charge in [0, 0.05) is 24.1 Å². The number of hydrogen-bond acceptors (Lipinski definition) is 5. The maximum Gasteiger partial charge on any atom is 0.255 e. The number of para-hydroxylation sites is 1. The van der Waals surface area contributed by atoms with Crippen LogP contribution in [0.5, 0.6) is 11.5 Å². The minimum Gasteiger partial charge on any atom is -0.496 e. The number of methoxy groups -OCH3 is 1. The molecule has 2 aromatic carbocycles. The zero-order chi connectivity index (χ0) is 19.6. The van der Waals surface area contributed by atoms with E-state index in [2.05, 4.69) is 0 Å². The summed E-state index contributed by atoms with van der Waals surface area (Å²) in [5, 5.41) is 0. The van der Waals surface area contributed by atoms with Gasteiger partial charge in [-0.05, 0) is 30.3 Å². The molecule has 3 rings (SSSR count). The molecule has 0 aromatic heterocycles. The van der Waals surface area contributed by atoms with E-state index >= 15 is 0 Å². The number of carbonyl (C=O) groups is 3. The zero-order valence-corrected chi connectivity index (χ0v) is 14.9. The van der Waals surface area contributed by atoms with Gasteiger partial charge in [0.2, 0.25) is 11.7 Å². The van der Waals surface area contributed by atoms with E-state index in [1.54, 1.807) is 48.5 Å². The minimum absolute atomic E-state index is 0.239. The van der Waals surface area contributed by atoms with Crippen LogP contribution in [0.4, 0.5) is 5.69 Å². The van der Waals surface area contributed by atoms with E-state index in [-0.39, 0.29) is 24.0 Å². The van der Waals surface area contributed by atoms with Crippen LogP contribution >= 0.6 is 0 Å². The number of ether oxygens (including phenoxy) is 2. The Bertz CT molecular complexity index is 965. The number of ketones is 1. The molecule has 0 saturated heterocycles. The molecule has 0 spiro atoms. The Hall–Kier alpha value is -3.61. The Morgan fingerprint density at radius 2 is 1.93 bits per heavy atom. The van der Waals surface area contributed by atoms with Gasteiger partial charge in [0.25, 0.3) is 5.91 Å². The molecular weight excluding hydrogens is 348 g/mol. The number of nitrogens with two attached hydrogens (primary N) is 1. The maximum atomic E-state index is 12.8. The first-order valence-corrected chi connectivity index (χ1v) is 8.17. The van der Waals surface area contributed by atoms with Gasteiger partial charge in [-0.3, -0.25) is 19.3 Å². The lowest BCUT2D eigenvalue weighted by Gasteiger charge is -2.16. The molecule has 2 amide bonds. The Kier molecular flexibility index (Phi) is 4.94. The van der Waals surface area contributed by atoms with Gasteiger partial charge in [-0.15, -0.1) is 0 Å². The molecule has 138 valence electrons. The second-order valence-corrected chi connectivity index (χ2v) is 5.89. The second kappa shape index (κ2) is 7.33. The maximum absolute atomic E-state index is 12.8. The largest absolute Gasteiger partial charge is 0.496 e. The number of hydrogen-bond donors (Lipinski definition) is 1. The SMILES string of the molecule is COc1cc(OCC(N)=O)ccc1/C=C1/C(=O)c2ccccc2N1C(C)=O. The summed E-state index contributed by atoms with van der Waals surface area (Å²) in [5.41, 5.74) is 6.93. The van der Waals surface area contributed by atoms with E-state index in [1.807, 2.05) is 0 Å². The van der Waals surface area contributed by atoms with Gasteiger partial charge in [0.15, 0.2) is 6.61 Å². The number of carbonyl (C=O) groups excluding carboxylic acids is 3. The van der Waals surface area contributed by atoms with Crippen LogP contribution in [0.3, 0.4) is 0 Å². The Morgan fingerprint density at radius 1 is 1.19 bits per heavy atom. The Balaban J connectivity index is 2.01. The average molecular weight is 366 g/mol. The van der Waals surface area contributed by atoms with E-state index < -0.39 is 5.91 Å². The number of rotatable bonds is 5. The third kappa shape index (κ3) is 3.52. The summed E-state index contributed by atoms with van der Waals surface area (Å²) < 4.78 is 10.6. The van der Waals surface area contributed by atoms with Crippen LogP contribution in [-0.4, -0.2) is 31.3 Å². The number of fused-ring (bicyclic) bond motifs is 1. The van der Waals surface area contributed by atoms with Crippen LogP contribution in [0.1, 0.15) is 22.8 Å². The topological polar surface area (TPSA) is 98.9 Å². The van der Waals surface area contributed by atoms with Crippen LogP contribution in [0.15, 0.2) is 48.2 Å². The molecule has 0 unspecified atom stereocenters. The van der Waals surface area contributed by atoms with Gasteiger partial charge in [-0.1, -0.05) is 12.1 Å². The fourth-order valence-electron chi connectivity index (χ4n) is 2.90. The van der Waals surface area contributed by atoms with Crippen molar-refractivity contribution >= 4 is 29.4 Å². The molecule has 0 aliphatic carbocycles. The summed E-state index contributed by atoms with van der Waals surface area (Å²) in [7, 11) is 1.48. The summed E-state index contributed by atoms with van der Waals surface area (Å²) in [4.78, 5) is 37.2. The second-order valence-electron chi connectivity index (χ2n) is 5.89. The molecule has 0 fully saturated rings. The zero-order valence-electron chi connectivity index (χ0n) is 14.9. The number of allylic oxidation sites excluding steroid dienone is 1. The van der Waals surface area contributed by atoms with E-state index in [1.165, 1.54) is 18.9 Å².